The van der Waals surface area contributed by atoms with Crippen molar-refractivity contribution in [3.8, 4) is 5.13 Å². The SMILES string of the molecule is Cc1cc(NC(=O)c2ccc(S(=O)(=O)N3CCOCC3)cc2)n(-c2nc3c(F)cccc3s2)n1. The predicted molar refractivity (Wildman–Crippen MR) is 125 cm³/mol. The van der Waals surface area contributed by atoms with Crippen LogP contribution in [0, 0.1) is 12.7 Å². The van der Waals surface area contributed by atoms with Gasteiger partial charge in [0.05, 0.1) is 28.5 Å². The van der Waals surface area contributed by atoms with Gasteiger partial charge in [-0.1, -0.05) is 17.4 Å². The fourth-order valence-electron chi connectivity index (χ4n) is 3.63. The zero-order valence-electron chi connectivity index (χ0n) is 18.1. The van der Waals surface area contributed by atoms with Crippen molar-refractivity contribution in [1.82, 2.24) is 19.1 Å². The Morgan fingerprint density at radius 1 is 1.15 bits per heavy atom. The number of rotatable bonds is 5. The summed E-state index contributed by atoms with van der Waals surface area (Å²) in [7, 11) is -3.65. The third-order valence-electron chi connectivity index (χ3n) is 5.34. The number of nitrogens with one attached hydrogen (secondary N) is 1. The molecule has 0 unspecified atom stereocenters. The highest BCUT2D eigenvalue weighted by Gasteiger charge is 2.26. The summed E-state index contributed by atoms with van der Waals surface area (Å²) in [5, 5.41) is 7.58. The average Bonchev–Trinajstić information content (AvgIpc) is 3.43. The number of hydrogen-bond donors (Lipinski definition) is 1. The summed E-state index contributed by atoms with van der Waals surface area (Å²) in [6, 6.07) is 12.1. The third kappa shape index (κ3) is 4.20. The van der Waals surface area contributed by atoms with E-state index in [0.29, 0.717) is 47.6 Å². The van der Waals surface area contributed by atoms with Gasteiger partial charge >= 0.3 is 0 Å². The van der Waals surface area contributed by atoms with Gasteiger partial charge in [0.15, 0.2) is 0 Å². The minimum atomic E-state index is -3.65. The van der Waals surface area contributed by atoms with E-state index in [-0.39, 0.29) is 16.0 Å². The van der Waals surface area contributed by atoms with Crippen molar-refractivity contribution < 1.29 is 22.3 Å². The second-order valence-corrected chi connectivity index (χ2v) is 10.6. The molecule has 9 nitrogen and oxygen atoms in total. The number of para-hydroxylation sites is 1. The van der Waals surface area contributed by atoms with Gasteiger partial charge in [0, 0.05) is 24.7 Å². The van der Waals surface area contributed by atoms with Crippen molar-refractivity contribution in [2.24, 2.45) is 0 Å². The van der Waals surface area contributed by atoms with Gasteiger partial charge in [-0.05, 0) is 43.3 Å². The summed E-state index contributed by atoms with van der Waals surface area (Å²) in [6.07, 6.45) is 0. The molecule has 0 aliphatic carbocycles. The van der Waals surface area contributed by atoms with Gasteiger partial charge in [0.25, 0.3) is 5.91 Å². The minimum absolute atomic E-state index is 0.114. The highest BCUT2D eigenvalue weighted by atomic mass is 32.2. The number of thiazole rings is 1. The largest absolute Gasteiger partial charge is 0.379 e. The maximum absolute atomic E-state index is 14.1. The minimum Gasteiger partial charge on any atom is -0.379 e. The number of carbonyl (C=O) groups is 1. The van der Waals surface area contributed by atoms with Crippen LogP contribution in [0.3, 0.4) is 0 Å². The van der Waals surface area contributed by atoms with E-state index in [2.05, 4.69) is 15.4 Å². The van der Waals surface area contributed by atoms with Crippen LogP contribution < -0.4 is 5.32 Å². The monoisotopic (exact) mass is 501 g/mol. The molecule has 0 radical (unpaired) electrons. The zero-order valence-corrected chi connectivity index (χ0v) is 19.7. The molecule has 4 aromatic rings. The first kappa shape index (κ1) is 22.6. The molecule has 1 fully saturated rings. The van der Waals surface area contributed by atoms with Crippen LogP contribution in [0.1, 0.15) is 16.1 Å². The van der Waals surface area contributed by atoms with E-state index >= 15 is 0 Å². The Kier molecular flexibility index (Phi) is 5.90. The van der Waals surface area contributed by atoms with E-state index in [1.54, 1.807) is 25.1 Å². The van der Waals surface area contributed by atoms with Gasteiger partial charge in [-0.2, -0.15) is 14.1 Å². The zero-order chi connectivity index (χ0) is 23.9. The Balaban J connectivity index is 1.38. The molecule has 1 saturated heterocycles. The number of benzene rings is 2. The molecule has 1 N–H and O–H groups in total. The van der Waals surface area contributed by atoms with Crippen LogP contribution in [0.5, 0.6) is 0 Å². The molecular formula is C22H20FN5O4S2. The Labute approximate surface area is 198 Å². The molecule has 176 valence electrons. The normalized spacial score (nSPS) is 15.0. The average molecular weight is 502 g/mol. The number of halogens is 1. The Bertz CT molecular complexity index is 1470. The molecule has 3 heterocycles. The van der Waals surface area contributed by atoms with Crippen LogP contribution in [0.4, 0.5) is 10.2 Å². The van der Waals surface area contributed by atoms with Gasteiger partial charge < -0.3 is 10.1 Å². The lowest BCUT2D eigenvalue weighted by Crippen LogP contribution is -2.40. The van der Waals surface area contributed by atoms with E-state index in [1.807, 2.05) is 0 Å². The highest BCUT2D eigenvalue weighted by molar-refractivity contribution is 7.89. The first-order valence-electron chi connectivity index (χ1n) is 10.4. The Morgan fingerprint density at radius 3 is 2.59 bits per heavy atom. The number of anilines is 1. The van der Waals surface area contributed by atoms with E-state index in [4.69, 9.17) is 4.74 Å². The number of aromatic nitrogens is 3. The smallest absolute Gasteiger partial charge is 0.256 e. The first-order chi connectivity index (χ1) is 16.3. The summed E-state index contributed by atoms with van der Waals surface area (Å²) in [5.41, 5.74) is 1.16. The third-order valence-corrected chi connectivity index (χ3v) is 8.25. The van der Waals surface area contributed by atoms with Gasteiger partial charge in [-0.25, -0.2) is 17.8 Å². The predicted octanol–water partition coefficient (Wildman–Crippen LogP) is 3.20. The molecule has 0 bridgehead atoms. The lowest BCUT2D eigenvalue weighted by molar-refractivity contribution is 0.0730. The number of morpholine rings is 1. The lowest BCUT2D eigenvalue weighted by atomic mass is 10.2. The van der Waals surface area contributed by atoms with Crippen LogP contribution in [-0.2, 0) is 14.8 Å². The van der Waals surface area contributed by atoms with Gasteiger partial charge in [-0.3, -0.25) is 4.79 Å². The number of aryl methyl sites for hydroxylation is 1. The van der Waals surface area contributed by atoms with E-state index in [0.717, 1.165) is 0 Å². The number of carbonyl (C=O) groups excluding carboxylic acids is 1. The van der Waals surface area contributed by atoms with Crippen LogP contribution in [0.15, 0.2) is 53.4 Å². The fourth-order valence-corrected chi connectivity index (χ4v) is 5.98. The molecule has 0 spiro atoms. The quantitative estimate of drug-likeness (QED) is 0.450. The standard InChI is InChI=1S/C22H20FN5O4S2/c1-14-13-19(28(26-14)22-25-20-17(23)3-2-4-18(20)33-22)24-21(29)15-5-7-16(8-6-15)34(30,31)27-9-11-32-12-10-27/h2-8,13H,9-12H2,1H3,(H,24,29). The van der Waals surface area contributed by atoms with Crippen molar-refractivity contribution >= 4 is 43.3 Å². The van der Waals surface area contributed by atoms with Gasteiger partial charge in [0.2, 0.25) is 15.2 Å². The van der Waals surface area contributed by atoms with E-state index < -0.39 is 21.7 Å². The molecule has 2 aromatic carbocycles. The number of sulfonamides is 1. The van der Waals surface area contributed by atoms with Gasteiger partial charge in [-0.15, -0.1) is 0 Å². The summed E-state index contributed by atoms with van der Waals surface area (Å²) >= 11 is 1.25. The van der Waals surface area contributed by atoms with Crippen LogP contribution in [0.2, 0.25) is 0 Å². The molecule has 1 aliphatic heterocycles. The second kappa shape index (κ2) is 8.87. The van der Waals surface area contributed by atoms with E-state index in [9.17, 15) is 17.6 Å². The van der Waals surface area contributed by atoms with Crippen LogP contribution in [0.25, 0.3) is 15.3 Å². The Morgan fingerprint density at radius 2 is 1.88 bits per heavy atom. The lowest BCUT2D eigenvalue weighted by Gasteiger charge is -2.26. The van der Waals surface area contributed by atoms with E-state index in [1.165, 1.54) is 50.7 Å². The second-order valence-electron chi connectivity index (χ2n) is 7.66. The number of ether oxygens (including phenoxy) is 1. The number of fused-ring (bicyclic) bond motifs is 1. The molecule has 0 saturated carbocycles. The molecular weight excluding hydrogens is 481 g/mol. The number of hydrogen-bond acceptors (Lipinski definition) is 7. The summed E-state index contributed by atoms with van der Waals surface area (Å²) in [5.74, 6) is -0.502. The number of nitrogens with zero attached hydrogens (tertiary/aromatic N) is 4. The maximum Gasteiger partial charge on any atom is 0.256 e. The topological polar surface area (TPSA) is 106 Å². The molecule has 1 amide bonds. The molecule has 1 aliphatic rings. The summed E-state index contributed by atoms with van der Waals surface area (Å²) in [6.45, 7) is 3.07. The van der Waals surface area contributed by atoms with Crippen LogP contribution >= 0.6 is 11.3 Å². The van der Waals surface area contributed by atoms with Crippen molar-refractivity contribution in [2.75, 3.05) is 31.6 Å². The summed E-state index contributed by atoms with van der Waals surface area (Å²) < 4.78 is 48.4. The van der Waals surface area contributed by atoms with Crippen LogP contribution in [-0.4, -0.2) is 59.7 Å². The summed E-state index contributed by atoms with van der Waals surface area (Å²) in [4.78, 5) is 17.3. The van der Waals surface area contributed by atoms with Crippen molar-refractivity contribution in [2.45, 2.75) is 11.8 Å². The van der Waals surface area contributed by atoms with Gasteiger partial charge in [0.1, 0.15) is 17.2 Å². The molecule has 2 aromatic heterocycles. The molecule has 12 heteroatoms. The Hall–Kier alpha value is -3.19. The van der Waals surface area contributed by atoms with Crippen molar-refractivity contribution in [3.05, 3.63) is 65.6 Å². The maximum atomic E-state index is 14.1. The highest BCUT2D eigenvalue weighted by Crippen LogP contribution is 2.29. The molecule has 34 heavy (non-hydrogen) atoms. The van der Waals surface area contributed by atoms with Crippen molar-refractivity contribution in [3.63, 3.8) is 0 Å². The van der Waals surface area contributed by atoms with Crippen molar-refractivity contribution in [1.29, 1.82) is 0 Å². The number of amides is 1. The molecule has 0 atom stereocenters. The molecule has 5 rings (SSSR count). The first-order valence-corrected chi connectivity index (χ1v) is 12.7. The fraction of sp³-hybridized carbons (Fsp3) is 0.227.